The van der Waals surface area contributed by atoms with Gasteiger partial charge in [-0.05, 0) is 29.8 Å². The Morgan fingerprint density at radius 3 is 2.93 bits per heavy atom. The summed E-state index contributed by atoms with van der Waals surface area (Å²) in [6.07, 6.45) is 0.0554. The van der Waals surface area contributed by atoms with Gasteiger partial charge < -0.3 is 19.3 Å². The lowest BCUT2D eigenvalue weighted by Gasteiger charge is -2.26. The fraction of sp³-hybridized carbons (Fsp3) is 0.455. The molecule has 0 bridgehead atoms. The molecule has 3 heterocycles. The summed E-state index contributed by atoms with van der Waals surface area (Å²) in [7, 11) is 1.62. The maximum atomic E-state index is 13.4. The van der Waals surface area contributed by atoms with E-state index >= 15 is 0 Å². The molecule has 2 aromatic rings. The molecule has 1 aromatic heterocycles. The van der Waals surface area contributed by atoms with Gasteiger partial charge in [-0.15, -0.1) is 0 Å². The normalized spacial score (nSPS) is 21.7. The molecule has 4 rings (SSSR count). The van der Waals surface area contributed by atoms with Gasteiger partial charge in [-0.3, -0.25) is 9.59 Å². The number of aryl methyl sites for hydroxylation is 1. The Balaban J connectivity index is 1.57. The number of ether oxygens (including phenoxy) is 2. The van der Waals surface area contributed by atoms with Gasteiger partial charge in [0.2, 0.25) is 11.8 Å². The van der Waals surface area contributed by atoms with E-state index in [0.717, 1.165) is 22.4 Å². The highest BCUT2D eigenvalue weighted by molar-refractivity contribution is 7.07. The molecule has 2 amide bonds. The van der Waals surface area contributed by atoms with Gasteiger partial charge in [0, 0.05) is 44.3 Å². The van der Waals surface area contributed by atoms with Crippen molar-refractivity contribution in [1.29, 1.82) is 0 Å². The molecule has 0 spiro atoms. The predicted molar refractivity (Wildman–Crippen MR) is 111 cm³/mol. The number of fused-ring (bicyclic) bond motifs is 1. The maximum absolute atomic E-state index is 13.4. The van der Waals surface area contributed by atoms with Crippen LogP contribution in [0.2, 0.25) is 0 Å². The zero-order chi connectivity index (χ0) is 20.4. The minimum Gasteiger partial charge on any atom is -0.483 e. The second-order valence-corrected chi connectivity index (χ2v) is 8.51. The standard InChI is InChI=1S/C22H26N2O4S/c1-15-3-4-19-17(9-15)11-24(13-20(28-19)16-5-8-29-14-16)22(26)18-10-21(25)23(12-18)6-7-27-2/h3-5,8-9,14,18,20H,6-7,10-13H2,1-2H3. The highest BCUT2D eigenvalue weighted by Gasteiger charge is 2.38. The van der Waals surface area contributed by atoms with E-state index in [-0.39, 0.29) is 30.3 Å². The number of thiophene rings is 1. The third-order valence-corrected chi connectivity index (χ3v) is 6.29. The zero-order valence-corrected chi connectivity index (χ0v) is 17.6. The van der Waals surface area contributed by atoms with Crippen LogP contribution in [0.15, 0.2) is 35.0 Å². The van der Waals surface area contributed by atoms with Gasteiger partial charge >= 0.3 is 0 Å². The van der Waals surface area contributed by atoms with Gasteiger partial charge in [0.25, 0.3) is 0 Å². The highest BCUT2D eigenvalue weighted by atomic mass is 32.1. The molecule has 0 radical (unpaired) electrons. The van der Waals surface area contributed by atoms with Crippen LogP contribution in [-0.2, 0) is 20.9 Å². The van der Waals surface area contributed by atoms with Crippen molar-refractivity contribution in [3.8, 4) is 5.75 Å². The molecule has 1 saturated heterocycles. The Kier molecular flexibility index (Phi) is 5.87. The zero-order valence-electron chi connectivity index (χ0n) is 16.8. The van der Waals surface area contributed by atoms with Crippen molar-refractivity contribution >= 4 is 23.2 Å². The molecule has 7 heteroatoms. The minimum absolute atomic E-state index is 0.0245. The third-order valence-electron chi connectivity index (χ3n) is 5.59. The van der Waals surface area contributed by atoms with Crippen molar-refractivity contribution in [2.24, 2.45) is 5.92 Å². The molecule has 2 atom stereocenters. The van der Waals surface area contributed by atoms with Crippen molar-refractivity contribution in [3.05, 3.63) is 51.7 Å². The summed E-state index contributed by atoms with van der Waals surface area (Å²) in [6, 6.07) is 8.15. The van der Waals surface area contributed by atoms with E-state index < -0.39 is 0 Å². The topological polar surface area (TPSA) is 59.1 Å². The number of benzene rings is 1. The summed E-state index contributed by atoms with van der Waals surface area (Å²) < 4.78 is 11.4. The van der Waals surface area contributed by atoms with E-state index in [1.165, 1.54) is 0 Å². The summed E-state index contributed by atoms with van der Waals surface area (Å²) in [6.45, 7) is 4.49. The molecule has 0 N–H and O–H groups in total. The highest BCUT2D eigenvalue weighted by Crippen LogP contribution is 2.34. The Labute approximate surface area is 175 Å². The second kappa shape index (κ2) is 8.55. The molecule has 29 heavy (non-hydrogen) atoms. The fourth-order valence-electron chi connectivity index (χ4n) is 4.02. The van der Waals surface area contributed by atoms with E-state index in [4.69, 9.17) is 9.47 Å². The van der Waals surface area contributed by atoms with E-state index in [9.17, 15) is 9.59 Å². The van der Waals surface area contributed by atoms with Gasteiger partial charge in [-0.25, -0.2) is 0 Å². The summed E-state index contributed by atoms with van der Waals surface area (Å²) in [4.78, 5) is 29.3. The molecular weight excluding hydrogens is 388 g/mol. The second-order valence-electron chi connectivity index (χ2n) is 7.73. The Morgan fingerprint density at radius 1 is 1.31 bits per heavy atom. The van der Waals surface area contributed by atoms with E-state index in [2.05, 4.69) is 11.4 Å². The smallest absolute Gasteiger partial charge is 0.228 e. The average molecular weight is 415 g/mol. The maximum Gasteiger partial charge on any atom is 0.228 e. The minimum atomic E-state index is -0.311. The van der Waals surface area contributed by atoms with Crippen molar-refractivity contribution in [2.75, 3.05) is 33.4 Å². The Bertz CT molecular complexity index is 883. The monoisotopic (exact) mass is 414 g/mol. The number of methoxy groups -OCH3 is 1. The molecular formula is C22H26N2O4S. The van der Waals surface area contributed by atoms with Gasteiger partial charge in [0.15, 0.2) is 0 Å². The van der Waals surface area contributed by atoms with Gasteiger partial charge in [-0.2, -0.15) is 11.3 Å². The fourth-order valence-corrected chi connectivity index (χ4v) is 4.72. The van der Waals surface area contributed by atoms with E-state index in [1.54, 1.807) is 23.3 Å². The summed E-state index contributed by atoms with van der Waals surface area (Å²) in [5.41, 5.74) is 3.22. The molecule has 2 aliphatic rings. The van der Waals surface area contributed by atoms with Crippen LogP contribution >= 0.6 is 11.3 Å². The van der Waals surface area contributed by atoms with Crippen molar-refractivity contribution in [1.82, 2.24) is 9.80 Å². The lowest BCUT2D eigenvalue weighted by molar-refractivity contribution is -0.137. The number of hydrogen-bond acceptors (Lipinski definition) is 5. The molecule has 2 aliphatic heterocycles. The summed E-state index contributed by atoms with van der Waals surface area (Å²) >= 11 is 1.62. The summed E-state index contributed by atoms with van der Waals surface area (Å²) in [5, 5.41) is 4.09. The number of amides is 2. The van der Waals surface area contributed by atoms with E-state index in [1.807, 2.05) is 35.4 Å². The average Bonchev–Trinajstić information content (AvgIpc) is 3.32. The SMILES string of the molecule is COCCN1CC(C(=O)N2Cc3cc(C)ccc3OC(c3ccsc3)C2)CC1=O. The Hall–Kier alpha value is -2.38. The van der Waals surface area contributed by atoms with Crippen LogP contribution in [0.25, 0.3) is 0 Å². The number of rotatable bonds is 5. The quantitative estimate of drug-likeness (QED) is 0.755. The third kappa shape index (κ3) is 4.31. The van der Waals surface area contributed by atoms with Crippen LogP contribution in [0.1, 0.15) is 29.2 Å². The van der Waals surface area contributed by atoms with Crippen LogP contribution in [0, 0.1) is 12.8 Å². The number of hydrogen-bond donors (Lipinski definition) is 0. The molecule has 1 fully saturated rings. The summed E-state index contributed by atoms with van der Waals surface area (Å²) in [5.74, 6) is 0.564. The lowest BCUT2D eigenvalue weighted by Crippen LogP contribution is -2.39. The Morgan fingerprint density at radius 2 is 2.17 bits per heavy atom. The largest absolute Gasteiger partial charge is 0.483 e. The van der Waals surface area contributed by atoms with Crippen LogP contribution < -0.4 is 4.74 Å². The lowest BCUT2D eigenvalue weighted by atomic mass is 10.1. The first-order chi connectivity index (χ1) is 14.0. The van der Waals surface area contributed by atoms with Crippen molar-refractivity contribution in [3.63, 3.8) is 0 Å². The van der Waals surface area contributed by atoms with Gasteiger partial charge in [0.05, 0.1) is 19.1 Å². The molecule has 6 nitrogen and oxygen atoms in total. The predicted octanol–water partition coefficient (Wildman–Crippen LogP) is 3.01. The van der Waals surface area contributed by atoms with Crippen molar-refractivity contribution < 1.29 is 19.1 Å². The molecule has 1 aromatic carbocycles. The van der Waals surface area contributed by atoms with Crippen LogP contribution in [0.3, 0.4) is 0 Å². The van der Waals surface area contributed by atoms with Crippen LogP contribution in [-0.4, -0.2) is 55.0 Å². The first-order valence-electron chi connectivity index (χ1n) is 9.89. The van der Waals surface area contributed by atoms with Crippen molar-refractivity contribution in [2.45, 2.75) is 26.0 Å². The molecule has 154 valence electrons. The number of nitrogens with zero attached hydrogens (tertiary/aromatic N) is 2. The molecule has 2 unspecified atom stereocenters. The number of likely N-dealkylation sites (tertiary alicyclic amines) is 1. The van der Waals surface area contributed by atoms with Gasteiger partial charge in [0.1, 0.15) is 11.9 Å². The molecule has 0 saturated carbocycles. The first-order valence-corrected chi connectivity index (χ1v) is 10.8. The number of carbonyl (C=O) groups is 2. The van der Waals surface area contributed by atoms with Crippen LogP contribution in [0.5, 0.6) is 5.75 Å². The first kappa shape index (κ1) is 19.9. The number of carbonyl (C=O) groups excluding carboxylic acids is 2. The van der Waals surface area contributed by atoms with Gasteiger partial charge in [-0.1, -0.05) is 17.7 Å². The molecule has 0 aliphatic carbocycles. The van der Waals surface area contributed by atoms with Crippen LogP contribution in [0.4, 0.5) is 0 Å². The van der Waals surface area contributed by atoms with E-state index in [0.29, 0.717) is 32.8 Å².